The van der Waals surface area contributed by atoms with E-state index in [2.05, 4.69) is 5.32 Å². The molecule has 0 radical (unpaired) electrons. The first-order valence-electron chi connectivity index (χ1n) is 11.2. The van der Waals surface area contributed by atoms with Gasteiger partial charge in [0.2, 0.25) is 5.91 Å². The van der Waals surface area contributed by atoms with Crippen LogP contribution in [0.1, 0.15) is 56.0 Å². The summed E-state index contributed by atoms with van der Waals surface area (Å²) in [6.07, 6.45) is 2.25. The summed E-state index contributed by atoms with van der Waals surface area (Å²) in [5.41, 5.74) is 0.255. The summed E-state index contributed by atoms with van der Waals surface area (Å²) in [6.45, 7) is 6.54. The Morgan fingerprint density at radius 1 is 1.09 bits per heavy atom. The van der Waals surface area contributed by atoms with Gasteiger partial charge in [0.1, 0.15) is 5.75 Å². The van der Waals surface area contributed by atoms with E-state index in [1.807, 2.05) is 0 Å². The third kappa shape index (κ3) is 6.63. The van der Waals surface area contributed by atoms with Crippen molar-refractivity contribution in [1.29, 1.82) is 0 Å². The molecule has 0 spiro atoms. The first kappa shape index (κ1) is 25.4. The van der Waals surface area contributed by atoms with E-state index in [1.54, 1.807) is 43.9 Å². The van der Waals surface area contributed by atoms with Crippen LogP contribution in [0.25, 0.3) is 0 Å². The number of carbonyl (C=O) groups excluding carboxylic acids is 3. The average molecular weight is 488 g/mol. The first-order valence-corrected chi connectivity index (χ1v) is 11.6. The van der Waals surface area contributed by atoms with E-state index in [9.17, 15) is 19.5 Å². The molecule has 0 saturated carbocycles. The monoisotopic (exact) mass is 487 g/mol. The molecule has 182 valence electrons. The Balaban J connectivity index is 1.72. The highest BCUT2D eigenvalue weighted by atomic mass is 35.5. The van der Waals surface area contributed by atoms with Gasteiger partial charge in [-0.3, -0.25) is 9.59 Å². The van der Waals surface area contributed by atoms with Gasteiger partial charge in [-0.15, -0.1) is 0 Å². The quantitative estimate of drug-likeness (QED) is 0.591. The number of nitrogens with zero attached hydrogens (tertiary/aromatic N) is 2. The summed E-state index contributed by atoms with van der Waals surface area (Å²) in [7, 11) is 0. The van der Waals surface area contributed by atoms with Crippen molar-refractivity contribution in [2.24, 2.45) is 0 Å². The van der Waals surface area contributed by atoms with Crippen LogP contribution in [-0.4, -0.2) is 51.6 Å². The smallest absolute Gasteiger partial charge is 0.434 e. The molecule has 9 heteroatoms. The third-order valence-electron chi connectivity index (χ3n) is 5.36. The third-order valence-corrected chi connectivity index (χ3v) is 5.60. The van der Waals surface area contributed by atoms with Gasteiger partial charge in [0.05, 0.1) is 12.0 Å². The molecule has 3 rings (SSSR count). The Kier molecular flexibility index (Phi) is 8.04. The van der Waals surface area contributed by atoms with E-state index < -0.39 is 17.5 Å². The van der Waals surface area contributed by atoms with Crippen LogP contribution in [0, 0.1) is 0 Å². The zero-order valence-electron chi connectivity index (χ0n) is 19.6. The first-order chi connectivity index (χ1) is 16.0. The second kappa shape index (κ2) is 10.8. The van der Waals surface area contributed by atoms with E-state index in [0.29, 0.717) is 29.4 Å². The van der Waals surface area contributed by atoms with E-state index in [1.165, 1.54) is 24.3 Å². The largest absolute Gasteiger partial charge is 0.508 e. The maximum atomic E-state index is 13.3. The number of hydroxylamine groups is 2. The lowest BCUT2D eigenvalue weighted by atomic mass is 10.1. The number of piperidine rings is 1. The Bertz CT molecular complexity index is 1060. The zero-order valence-corrected chi connectivity index (χ0v) is 20.4. The number of hydrogen-bond acceptors (Lipinski definition) is 5. The van der Waals surface area contributed by atoms with Crippen molar-refractivity contribution < 1.29 is 24.3 Å². The van der Waals surface area contributed by atoms with Crippen molar-refractivity contribution in [3.63, 3.8) is 0 Å². The summed E-state index contributed by atoms with van der Waals surface area (Å²) in [6, 6.07) is 10.9. The summed E-state index contributed by atoms with van der Waals surface area (Å²) in [4.78, 5) is 45.6. The van der Waals surface area contributed by atoms with Crippen LogP contribution in [0.3, 0.4) is 0 Å². The lowest BCUT2D eigenvalue weighted by Crippen LogP contribution is -2.49. The summed E-state index contributed by atoms with van der Waals surface area (Å²) in [5, 5.41) is 14.1. The van der Waals surface area contributed by atoms with Crippen molar-refractivity contribution in [1.82, 2.24) is 9.96 Å². The summed E-state index contributed by atoms with van der Waals surface area (Å²) in [5.74, 6) is -0.910. The molecule has 1 aliphatic rings. The molecule has 1 heterocycles. The van der Waals surface area contributed by atoms with Crippen molar-refractivity contribution in [2.75, 3.05) is 18.4 Å². The van der Waals surface area contributed by atoms with Crippen molar-refractivity contribution in [2.45, 2.75) is 52.0 Å². The summed E-state index contributed by atoms with van der Waals surface area (Å²) >= 11 is 5.94. The highest BCUT2D eigenvalue weighted by Crippen LogP contribution is 2.24. The molecule has 3 amide bonds. The predicted molar refractivity (Wildman–Crippen MR) is 130 cm³/mol. The maximum absolute atomic E-state index is 13.3. The van der Waals surface area contributed by atoms with Gasteiger partial charge in [-0.2, -0.15) is 5.06 Å². The number of hydrogen-bond donors (Lipinski definition) is 2. The van der Waals surface area contributed by atoms with E-state index in [0.717, 1.165) is 24.3 Å². The van der Waals surface area contributed by atoms with Gasteiger partial charge in [-0.1, -0.05) is 17.7 Å². The molecular weight excluding hydrogens is 458 g/mol. The van der Waals surface area contributed by atoms with Crippen molar-refractivity contribution in [3.8, 4) is 5.75 Å². The average Bonchev–Trinajstić information content (AvgIpc) is 2.79. The van der Waals surface area contributed by atoms with Crippen LogP contribution in [0.5, 0.6) is 5.75 Å². The fraction of sp³-hybridized carbons (Fsp3) is 0.400. The lowest BCUT2D eigenvalue weighted by molar-refractivity contribution is -0.130. The number of nitrogens with one attached hydrogen (secondary N) is 1. The van der Waals surface area contributed by atoms with Crippen molar-refractivity contribution >= 4 is 35.2 Å². The SMILES string of the molecule is CC(C)(C)N(OC(=O)N1CCCCC1)C(=O)c1cccc(NC(=O)Cc2cc(Cl)ccc2O)c1. The molecule has 8 nitrogen and oxygen atoms in total. The van der Waals surface area contributed by atoms with Gasteiger partial charge in [0.15, 0.2) is 0 Å². The predicted octanol–water partition coefficient (Wildman–Crippen LogP) is 5.01. The van der Waals surface area contributed by atoms with E-state index >= 15 is 0 Å². The molecule has 2 aromatic carbocycles. The lowest BCUT2D eigenvalue weighted by Gasteiger charge is -2.35. The fourth-order valence-corrected chi connectivity index (χ4v) is 3.81. The molecule has 0 aromatic heterocycles. The molecule has 0 unspecified atom stereocenters. The molecule has 0 aliphatic carbocycles. The molecular formula is C25H30ClN3O5. The second-order valence-corrected chi connectivity index (χ2v) is 9.69. The van der Waals surface area contributed by atoms with Crippen LogP contribution in [0.2, 0.25) is 5.02 Å². The minimum absolute atomic E-state index is 0.0279. The van der Waals surface area contributed by atoms with E-state index in [4.69, 9.17) is 16.4 Å². The highest BCUT2D eigenvalue weighted by molar-refractivity contribution is 6.30. The number of aromatic hydroxyl groups is 1. The van der Waals surface area contributed by atoms with Crippen LogP contribution < -0.4 is 5.32 Å². The second-order valence-electron chi connectivity index (χ2n) is 9.25. The van der Waals surface area contributed by atoms with Gasteiger partial charge >= 0.3 is 6.09 Å². The molecule has 1 saturated heterocycles. The number of benzene rings is 2. The number of halogens is 1. The maximum Gasteiger partial charge on any atom is 0.434 e. The Morgan fingerprint density at radius 3 is 2.47 bits per heavy atom. The molecule has 34 heavy (non-hydrogen) atoms. The normalized spacial score (nSPS) is 13.8. The minimum atomic E-state index is -0.786. The minimum Gasteiger partial charge on any atom is -0.508 e. The molecule has 2 aromatic rings. The number of phenols is 1. The molecule has 0 bridgehead atoms. The van der Waals surface area contributed by atoms with Crippen LogP contribution in [0.15, 0.2) is 42.5 Å². The number of anilines is 1. The zero-order chi connectivity index (χ0) is 24.9. The molecule has 1 fully saturated rings. The topological polar surface area (TPSA) is 99.2 Å². The standard InChI is InChI=1S/C25H30ClN3O5/c1-25(2,3)29(34-24(33)28-12-5-4-6-13-28)23(32)17-8-7-9-20(15-17)27-22(31)16-18-14-19(26)10-11-21(18)30/h7-11,14-15,30H,4-6,12-13,16H2,1-3H3,(H,27,31). The number of likely N-dealkylation sites (tertiary alicyclic amines) is 1. The van der Waals surface area contributed by atoms with Gasteiger partial charge < -0.3 is 20.2 Å². The van der Waals surface area contributed by atoms with Crippen molar-refractivity contribution in [3.05, 3.63) is 58.6 Å². The fourth-order valence-electron chi connectivity index (χ4n) is 3.62. The molecule has 0 atom stereocenters. The van der Waals surface area contributed by atoms with Gasteiger partial charge in [0.25, 0.3) is 5.91 Å². The molecule has 1 aliphatic heterocycles. The van der Waals surface area contributed by atoms with Gasteiger partial charge in [-0.05, 0) is 76.4 Å². The number of amides is 3. The van der Waals surface area contributed by atoms with Crippen LogP contribution in [-0.2, 0) is 16.1 Å². The van der Waals surface area contributed by atoms with E-state index in [-0.39, 0.29) is 23.6 Å². The van der Waals surface area contributed by atoms with Gasteiger partial charge in [0, 0.05) is 34.9 Å². The van der Waals surface area contributed by atoms with Gasteiger partial charge in [-0.25, -0.2) is 4.79 Å². The Morgan fingerprint density at radius 2 is 1.79 bits per heavy atom. The molecule has 2 N–H and O–H groups in total. The Labute approximate surface area is 204 Å². The number of phenolic OH excluding ortho intramolecular Hbond substituents is 1. The number of rotatable bonds is 4. The van der Waals surface area contributed by atoms with Crippen LogP contribution >= 0.6 is 11.6 Å². The van der Waals surface area contributed by atoms with Crippen LogP contribution in [0.4, 0.5) is 10.5 Å². The number of carbonyl (C=O) groups is 3. The highest BCUT2D eigenvalue weighted by Gasteiger charge is 2.33. The Hall–Kier alpha value is -3.26. The summed E-state index contributed by atoms with van der Waals surface area (Å²) < 4.78 is 0.